The molecule has 1 aliphatic carbocycles. The average Bonchev–Trinajstić information content (AvgIpc) is 2.63. The highest BCUT2D eigenvalue weighted by Crippen LogP contribution is 2.44. The number of ether oxygens (including phenoxy) is 1. The van der Waals surface area contributed by atoms with Gasteiger partial charge in [-0.1, -0.05) is 0 Å². The molecule has 1 heterocycles. The predicted molar refractivity (Wildman–Crippen MR) is 39.9 cm³/mol. The largest absolute Gasteiger partial charge is 0.369 e. The molecule has 0 spiro atoms. The summed E-state index contributed by atoms with van der Waals surface area (Å²) < 4.78 is 5.43. The molecule has 1 saturated carbocycles. The first kappa shape index (κ1) is 6.62. The Kier molecular flexibility index (Phi) is 1.66. The first-order valence-corrected chi connectivity index (χ1v) is 4.22. The van der Waals surface area contributed by atoms with Gasteiger partial charge in [-0.2, -0.15) is 0 Å². The molecule has 1 N–H and O–H groups in total. The molecule has 2 fully saturated rings. The first-order chi connectivity index (χ1) is 4.92. The van der Waals surface area contributed by atoms with Crippen LogP contribution in [0.5, 0.6) is 0 Å². The molecule has 0 aromatic carbocycles. The summed E-state index contributed by atoms with van der Waals surface area (Å²) in [6, 6.07) is 0. The van der Waals surface area contributed by atoms with Crippen LogP contribution in [-0.2, 0) is 4.74 Å². The van der Waals surface area contributed by atoms with Crippen molar-refractivity contribution in [1.82, 2.24) is 5.32 Å². The molecule has 58 valence electrons. The summed E-state index contributed by atoms with van der Waals surface area (Å²) in [6.07, 6.45) is 5.35. The highest BCUT2D eigenvalue weighted by molar-refractivity contribution is 4.97. The molecule has 0 radical (unpaired) electrons. The lowest BCUT2D eigenvalue weighted by atomic mass is 10.0. The Bertz CT molecular complexity index is 126. The second kappa shape index (κ2) is 2.51. The summed E-state index contributed by atoms with van der Waals surface area (Å²) in [6.45, 7) is 1.15. The molecule has 1 saturated heterocycles. The van der Waals surface area contributed by atoms with E-state index in [1.165, 1.54) is 19.3 Å². The monoisotopic (exact) mass is 141 g/mol. The van der Waals surface area contributed by atoms with E-state index >= 15 is 0 Å². The predicted octanol–water partition coefficient (Wildman–Crippen LogP) is 0.773. The smallest absolute Gasteiger partial charge is 0.0870 e. The highest BCUT2D eigenvalue weighted by atomic mass is 16.6. The van der Waals surface area contributed by atoms with E-state index in [9.17, 15) is 0 Å². The van der Waals surface area contributed by atoms with Gasteiger partial charge in [-0.05, 0) is 38.8 Å². The minimum absolute atomic E-state index is 0.661. The van der Waals surface area contributed by atoms with E-state index in [4.69, 9.17) is 4.74 Å². The van der Waals surface area contributed by atoms with Crippen molar-refractivity contribution in [3.8, 4) is 0 Å². The Balaban J connectivity index is 1.72. The molecule has 1 aliphatic heterocycles. The van der Waals surface area contributed by atoms with Gasteiger partial charge in [-0.3, -0.25) is 0 Å². The zero-order valence-corrected chi connectivity index (χ0v) is 6.47. The molecule has 2 rings (SSSR count). The first-order valence-electron chi connectivity index (χ1n) is 4.22. The van der Waals surface area contributed by atoms with Crippen molar-refractivity contribution in [2.45, 2.75) is 31.5 Å². The third-order valence-electron chi connectivity index (χ3n) is 2.67. The van der Waals surface area contributed by atoms with E-state index in [-0.39, 0.29) is 0 Å². The lowest BCUT2D eigenvalue weighted by molar-refractivity contribution is 0.257. The topological polar surface area (TPSA) is 24.6 Å². The minimum atomic E-state index is 0.661. The van der Waals surface area contributed by atoms with Gasteiger partial charge in [-0.25, -0.2) is 0 Å². The van der Waals surface area contributed by atoms with Gasteiger partial charge in [0.15, 0.2) is 0 Å². The van der Waals surface area contributed by atoms with Gasteiger partial charge in [-0.15, -0.1) is 0 Å². The van der Waals surface area contributed by atoms with E-state index in [1.807, 2.05) is 7.05 Å². The number of hydrogen-bond donors (Lipinski definition) is 1. The van der Waals surface area contributed by atoms with E-state index in [0.717, 1.165) is 12.5 Å². The van der Waals surface area contributed by atoms with Crippen LogP contribution in [-0.4, -0.2) is 25.8 Å². The maximum absolute atomic E-state index is 5.43. The molecule has 0 aromatic heterocycles. The van der Waals surface area contributed by atoms with Crippen LogP contribution in [0.3, 0.4) is 0 Å². The van der Waals surface area contributed by atoms with E-state index < -0.39 is 0 Å². The summed E-state index contributed by atoms with van der Waals surface area (Å²) in [5, 5.41) is 3.18. The summed E-state index contributed by atoms with van der Waals surface area (Å²) >= 11 is 0. The molecular formula is C8H15NO. The van der Waals surface area contributed by atoms with Crippen molar-refractivity contribution in [3.05, 3.63) is 0 Å². The van der Waals surface area contributed by atoms with Crippen molar-refractivity contribution >= 4 is 0 Å². The molecule has 2 nitrogen and oxygen atoms in total. The van der Waals surface area contributed by atoms with Gasteiger partial charge < -0.3 is 10.1 Å². The lowest BCUT2D eigenvalue weighted by Crippen LogP contribution is -2.14. The standard InChI is InChI=1S/C8H15NO/c1-9-5-4-6-2-3-7-8(6)10-7/h6-9H,2-5H2,1H3/t6-,7?,8?/m0/s1. The Labute approximate surface area is 61.9 Å². The van der Waals surface area contributed by atoms with Crippen LogP contribution >= 0.6 is 0 Å². The van der Waals surface area contributed by atoms with Crippen molar-refractivity contribution in [1.29, 1.82) is 0 Å². The average molecular weight is 141 g/mol. The number of epoxide rings is 1. The summed E-state index contributed by atoms with van der Waals surface area (Å²) in [7, 11) is 2.01. The maximum atomic E-state index is 5.43. The normalized spacial score (nSPS) is 43.5. The third kappa shape index (κ3) is 1.06. The van der Waals surface area contributed by atoms with Crippen LogP contribution in [0.2, 0.25) is 0 Å². The van der Waals surface area contributed by atoms with Gasteiger partial charge in [0.1, 0.15) is 0 Å². The molecule has 0 aromatic rings. The van der Waals surface area contributed by atoms with Gasteiger partial charge in [0, 0.05) is 0 Å². The maximum Gasteiger partial charge on any atom is 0.0870 e. The van der Waals surface area contributed by atoms with E-state index in [2.05, 4.69) is 5.32 Å². The fourth-order valence-corrected chi connectivity index (χ4v) is 1.98. The van der Waals surface area contributed by atoms with Crippen LogP contribution in [0.4, 0.5) is 0 Å². The van der Waals surface area contributed by atoms with Gasteiger partial charge in [0.2, 0.25) is 0 Å². The van der Waals surface area contributed by atoms with Crippen LogP contribution in [0, 0.1) is 5.92 Å². The van der Waals surface area contributed by atoms with Gasteiger partial charge in [0.05, 0.1) is 12.2 Å². The van der Waals surface area contributed by atoms with E-state index in [0.29, 0.717) is 12.2 Å². The zero-order chi connectivity index (χ0) is 6.97. The second-order valence-electron chi connectivity index (χ2n) is 3.37. The van der Waals surface area contributed by atoms with Crippen molar-refractivity contribution in [3.63, 3.8) is 0 Å². The molecule has 10 heavy (non-hydrogen) atoms. The lowest BCUT2D eigenvalue weighted by Gasteiger charge is -2.08. The molecule has 3 atom stereocenters. The summed E-state index contributed by atoms with van der Waals surface area (Å²) in [5.41, 5.74) is 0. The SMILES string of the molecule is CNCC[C@@H]1CCC2OC21. The van der Waals surface area contributed by atoms with Crippen LogP contribution in [0.15, 0.2) is 0 Å². The molecule has 0 bridgehead atoms. The minimum Gasteiger partial charge on any atom is -0.369 e. The van der Waals surface area contributed by atoms with Crippen LogP contribution in [0.25, 0.3) is 0 Å². The summed E-state index contributed by atoms with van der Waals surface area (Å²) in [5.74, 6) is 0.873. The molecule has 2 unspecified atom stereocenters. The molecule has 2 heteroatoms. The third-order valence-corrected chi connectivity index (χ3v) is 2.67. The van der Waals surface area contributed by atoms with Crippen molar-refractivity contribution in [2.75, 3.05) is 13.6 Å². The van der Waals surface area contributed by atoms with Crippen LogP contribution in [0.1, 0.15) is 19.3 Å². The van der Waals surface area contributed by atoms with Gasteiger partial charge in [0.25, 0.3) is 0 Å². The molecular weight excluding hydrogens is 126 g/mol. The Morgan fingerprint density at radius 1 is 1.50 bits per heavy atom. The molecule has 0 amide bonds. The Morgan fingerprint density at radius 2 is 2.40 bits per heavy atom. The second-order valence-corrected chi connectivity index (χ2v) is 3.37. The Morgan fingerprint density at radius 3 is 2.90 bits per heavy atom. The van der Waals surface area contributed by atoms with Crippen molar-refractivity contribution < 1.29 is 4.74 Å². The quantitative estimate of drug-likeness (QED) is 0.587. The fourth-order valence-electron chi connectivity index (χ4n) is 1.98. The highest BCUT2D eigenvalue weighted by Gasteiger charge is 2.49. The number of rotatable bonds is 3. The van der Waals surface area contributed by atoms with E-state index in [1.54, 1.807) is 0 Å². The zero-order valence-electron chi connectivity index (χ0n) is 6.47. The van der Waals surface area contributed by atoms with Crippen LogP contribution < -0.4 is 5.32 Å². The number of nitrogens with one attached hydrogen (secondary N) is 1. The molecule has 2 aliphatic rings. The van der Waals surface area contributed by atoms with Crippen molar-refractivity contribution in [2.24, 2.45) is 5.92 Å². The number of fused-ring (bicyclic) bond motifs is 1. The Hall–Kier alpha value is -0.0800. The fraction of sp³-hybridized carbons (Fsp3) is 1.00. The number of hydrogen-bond acceptors (Lipinski definition) is 2. The van der Waals surface area contributed by atoms with Gasteiger partial charge >= 0.3 is 0 Å². The summed E-state index contributed by atoms with van der Waals surface area (Å²) in [4.78, 5) is 0.